The minimum atomic E-state index is -0.433. The van der Waals surface area contributed by atoms with Crippen LogP contribution in [0.2, 0.25) is 0 Å². The summed E-state index contributed by atoms with van der Waals surface area (Å²) in [6, 6.07) is 17.9. The molecule has 8 nitrogen and oxygen atoms in total. The molecular formula is C26H27N3O5S. The van der Waals surface area contributed by atoms with Gasteiger partial charge in [0.2, 0.25) is 0 Å². The highest BCUT2D eigenvalue weighted by atomic mass is 32.1. The number of non-ortho nitro benzene ring substituents is 1. The van der Waals surface area contributed by atoms with E-state index < -0.39 is 4.92 Å². The summed E-state index contributed by atoms with van der Waals surface area (Å²) in [5.41, 5.74) is 4.24. The van der Waals surface area contributed by atoms with Crippen molar-refractivity contribution in [3.05, 3.63) is 87.5 Å². The van der Waals surface area contributed by atoms with Gasteiger partial charge in [0, 0.05) is 24.4 Å². The Labute approximate surface area is 209 Å². The number of nitro groups is 1. The molecule has 0 amide bonds. The summed E-state index contributed by atoms with van der Waals surface area (Å²) in [6.45, 7) is 3.01. The Balaban J connectivity index is 1.63. The van der Waals surface area contributed by atoms with E-state index in [0.717, 1.165) is 28.8 Å². The highest BCUT2D eigenvalue weighted by Crippen LogP contribution is 2.38. The second kappa shape index (κ2) is 10.6. The van der Waals surface area contributed by atoms with Gasteiger partial charge in [0.05, 0.1) is 25.2 Å². The molecule has 182 valence electrons. The van der Waals surface area contributed by atoms with Gasteiger partial charge in [0.1, 0.15) is 12.4 Å². The van der Waals surface area contributed by atoms with Crippen LogP contribution in [0.1, 0.15) is 22.7 Å². The monoisotopic (exact) mass is 493 g/mol. The third-order valence-electron chi connectivity index (χ3n) is 5.99. The fourth-order valence-corrected chi connectivity index (χ4v) is 4.54. The molecule has 4 rings (SSSR count). The van der Waals surface area contributed by atoms with Crippen LogP contribution in [0.4, 0.5) is 11.4 Å². The smallest absolute Gasteiger partial charge is 0.269 e. The fraction of sp³-hybridized carbons (Fsp3) is 0.269. The van der Waals surface area contributed by atoms with Gasteiger partial charge in [-0.25, -0.2) is 0 Å². The van der Waals surface area contributed by atoms with E-state index in [4.69, 9.17) is 26.4 Å². The lowest BCUT2D eigenvalue weighted by molar-refractivity contribution is -0.384. The predicted molar refractivity (Wildman–Crippen MR) is 139 cm³/mol. The maximum Gasteiger partial charge on any atom is 0.269 e. The first-order valence-electron chi connectivity index (χ1n) is 11.2. The summed E-state index contributed by atoms with van der Waals surface area (Å²) in [6.07, 6.45) is 0.777. The van der Waals surface area contributed by atoms with Crippen molar-refractivity contribution >= 4 is 28.7 Å². The summed E-state index contributed by atoms with van der Waals surface area (Å²) in [4.78, 5) is 12.6. The topological polar surface area (TPSA) is 86.1 Å². The van der Waals surface area contributed by atoms with E-state index in [0.29, 0.717) is 28.9 Å². The number of fused-ring (bicyclic) bond motifs is 1. The van der Waals surface area contributed by atoms with Crippen molar-refractivity contribution < 1.29 is 19.1 Å². The number of nitro benzene ring substituents is 1. The third-order valence-corrected chi connectivity index (χ3v) is 6.32. The fourth-order valence-electron chi connectivity index (χ4n) is 4.21. The van der Waals surface area contributed by atoms with Gasteiger partial charge >= 0.3 is 0 Å². The average Bonchev–Trinajstić information content (AvgIpc) is 2.86. The highest BCUT2D eigenvalue weighted by Gasteiger charge is 2.31. The lowest BCUT2D eigenvalue weighted by Crippen LogP contribution is -2.44. The number of aryl methyl sites for hydroxylation is 1. The average molecular weight is 494 g/mol. The van der Waals surface area contributed by atoms with Gasteiger partial charge in [0.15, 0.2) is 16.6 Å². The van der Waals surface area contributed by atoms with Crippen LogP contribution in [0.25, 0.3) is 0 Å². The SMILES string of the molecule is COc1cc2c(cc1OC)C(COc1ccc([N+](=O)[O-])cc1)N(C(=S)Nc1cccc(C)c1)CC2. The molecule has 0 aromatic heterocycles. The summed E-state index contributed by atoms with van der Waals surface area (Å²) in [7, 11) is 3.23. The maximum absolute atomic E-state index is 11.0. The molecule has 0 aliphatic carbocycles. The van der Waals surface area contributed by atoms with E-state index in [1.54, 1.807) is 26.4 Å². The number of ether oxygens (including phenoxy) is 3. The zero-order valence-electron chi connectivity index (χ0n) is 19.8. The molecule has 35 heavy (non-hydrogen) atoms. The number of methoxy groups -OCH3 is 2. The largest absolute Gasteiger partial charge is 0.493 e. The molecule has 9 heteroatoms. The summed E-state index contributed by atoms with van der Waals surface area (Å²) in [5, 5.41) is 14.9. The van der Waals surface area contributed by atoms with E-state index in [1.807, 2.05) is 43.3 Å². The minimum absolute atomic E-state index is 0.0161. The van der Waals surface area contributed by atoms with Crippen LogP contribution in [-0.4, -0.2) is 42.3 Å². The van der Waals surface area contributed by atoms with E-state index >= 15 is 0 Å². The third kappa shape index (κ3) is 5.46. The molecule has 1 N–H and O–H groups in total. The van der Waals surface area contributed by atoms with Gasteiger partial charge in [-0.3, -0.25) is 10.1 Å². The molecule has 1 aliphatic rings. The van der Waals surface area contributed by atoms with Crippen molar-refractivity contribution in [2.45, 2.75) is 19.4 Å². The van der Waals surface area contributed by atoms with E-state index in [2.05, 4.69) is 10.2 Å². The van der Waals surface area contributed by atoms with Crippen LogP contribution in [0.15, 0.2) is 60.7 Å². The van der Waals surface area contributed by atoms with Gasteiger partial charge in [-0.1, -0.05) is 12.1 Å². The van der Waals surface area contributed by atoms with Crippen LogP contribution < -0.4 is 19.5 Å². The zero-order chi connectivity index (χ0) is 24.9. The van der Waals surface area contributed by atoms with Crippen molar-refractivity contribution in [3.63, 3.8) is 0 Å². The Morgan fingerprint density at radius 1 is 1.11 bits per heavy atom. The summed E-state index contributed by atoms with van der Waals surface area (Å²) in [5.74, 6) is 1.85. The number of hydrogen-bond acceptors (Lipinski definition) is 6. The first kappa shape index (κ1) is 24.3. The minimum Gasteiger partial charge on any atom is -0.493 e. The molecule has 3 aromatic rings. The zero-order valence-corrected chi connectivity index (χ0v) is 20.6. The number of nitrogens with zero attached hydrogens (tertiary/aromatic N) is 2. The second-order valence-corrected chi connectivity index (χ2v) is 8.61. The van der Waals surface area contributed by atoms with Gasteiger partial charge in [-0.05, 0) is 78.7 Å². The van der Waals surface area contributed by atoms with Gasteiger partial charge in [0.25, 0.3) is 5.69 Å². The standard InChI is InChI=1S/C26H27N3O5S/c1-17-5-4-6-19(13-17)27-26(35)28-12-11-18-14-24(32-2)25(33-3)15-22(18)23(28)16-34-21-9-7-20(8-10-21)29(30)31/h4-10,13-15,23H,11-12,16H2,1-3H3,(H,27,35). The van der Waals surface area contributed by atoms with Crippen molar-refractivity contribution in [1.29, 1.82) is 0 Å². The lowest BCUT2D eigenvalue weighted by Gasteiger charge is -2.39. The van der Waals surface area contributed by atoms with E-state index in [9.17, 15) is 10.1 Å². The Hall–Kier alpha value is -3.85. The van der Waals surface area contributed by atoms with Crippen LogP contribution >= 0.6 is 12.2 Å². The summed E-state index contributed by atoms with van der Waals surface area (Å²) < 4.78 is 17.1. The molecule has 1 heterocycles. The Morgan fingerprint density at radius 3 is 2.49 bits per heavy atom. The number of benzene rings is 3. The van der Waals surface area contributed by atoms with Gasteiger partial charge in [-0.15, -0.1) is 0 Å². The van der Waals surface area contributed by atoms with Crippen molar-refractivity contribution in [2.24, 2.45) is 0 Å². The molecular weight excluding hydrogens is 466 g/mol. The molecule has 0 fully saturated rings. The number of nitrogens with one attached hydrogen (secondary N) is 1. The molecule has 0 saturated heterocycles. The van der Waals surface area contributed by atoms with Gasteiger partial charge in [-0.2, -0.15) is 0 Å². The number of anilines is 1. The molecule has 0 saturated carbocycles. The van der Waals surface area contributed by atoms with Crippen molar-refractivity contribution in [2.75, 3.05) is 32.7 Å². The molecule has 1 atom stereocenters. The van der Waals surface area contributed by atoms with Crippen LogP contribution in [-0.2, 0) is 6.42 Å². The Morgan fingerprint density at radius 2 is 1.83 bits per heavy atom. The second-order valence-electron chi connectivity index (χ2n) is 8.23. The molecule has 1 aliphatic heterocycles. The van der Waals surface area contributed by atoms with Crippen LogP contribution in [0.5, 0.6) is 17.2 Å². The van der Waals surface area contributed by atoms with Crippen LogP contribution in [0, 0.1) is 17.0 Å². The molecule has 0 spiro atoms. The van der Waals surface area contributed by atoms with Gasteiger partial charge < -0.3 is 24.4 Å². The maximum atomic E-state index is 11.0. The number of thiocarbonyl (C=S) groups is 1. The summed E-state index contributed by atoms with van der Waals surface area (Å²) >= 11 is 5.82. The lowest BCUT2D eigenvalue weighted by atomic mass is 9.92. The normalized spacial score (nSPS) is 14.6. The quantitative estimate of drug-likeness (QED) is 0.270. The number of rotatable bonds is 7. The van der Waals surface area contributed by atoms with Crippen molar-refractivity contribution in [1.82, 2.24) is 4.90 Å². The van der Waals surface area contributed by atoms with E-state index in [-0.39, 0.29) is 18.3 Å². The van der Waals surface area contributed by atoms with E-state index in [1.165, 1.54) is 12.1 Å². The molecule has 3 aromatic carbocycles. The predicted octanol–water partition coefficient (Wildman–Crippen LogP) is 5.30. The molecule has 1 unspecified atom stereocenters. The Kier molecular flexibility index (Phi) is 7.36. The first-order chi connectivity index (χ1) is 16.9. The highest BCUT2D eigenvalue weighted by molar-refractivity contribution is 7.80. The van der Waals surface area contributed by atoms with Crippen LogP contribution in [0.3, 0.4) is 0 Å². The first-order valence-corrected chi connectivity index (χ1v) is 11.6. The number of hydrogen-bond donors (Lipinski definition) is 1. The van der Waals surface area contributed by atoms with Crippen molar-refractivity contribution in [3.8, 4) is 17.2 Å². The Bertz CT molecular complexity index is 1230. The molecule has 0 radical (unpaired) electrons. The molecule has 0 bridgehead atoms.